The molecule has 2 rings (SSSR count). The van der Waals surface area contributed by atoms with Gasteiger partial charge in [0.1, 0.15) is 0 Å². The van der Waals surface area contributed by atoms with Crippen molar-refractivity contribution in [1.82, 2.24) is 20.7 Å². The summed E-state index contributed by atoms with van der Waals surface area (Å²) in [5, 5.41) is 1.81. The van der Waals surface area contributed by atoms with Crippen LogP contribution in [-0.2, 0) is 4.79 Å². The molecule has 0 spiro atoms. The van der Waals surface area contributed by atoms with Gasteiger partial charge in [0.15, 0.2) is 0 Å². The average molecular weight is 311 g/mol. The van der Waals surface area contributed by atoms with E-state index in [1.54, 1.807) is 12.1 Å². The summed E-state index contributed by atoms with van der Waals surface area (Å²) in [6.07, 6.45) is 0. The van der Waals surface area contributed by atoms with Gasteiger partial charge in [-0.2, -0.15) is 0 Å². The Morgan fingerprint density at radius 3 is 2.90 bits per heavy atom. The highest BCUT2D eigenvalue weighted by atomic mass is 32.1. The van der Waals surface area contributed by atoms with E-state index in [-0.39, 0.29) is 24.4 Å². The second kappa shape index (κ2) is 7.51. The molecule has 0 bridgehead atoms. The highest BCUT2D eigenvalue weighted by Gasteiger charge is 2.25. The first-order valence-corrected chi connectivity index (χ1v) is 7.73. The number of hydrogen-bond acceptors (Lipinski definition) is 6. The first-order chi connectivity index (χ1) is 10.1. The van der Waals surface area contributed by atoms with Gasteiger partial charge < -0.3 is 10.6 Å². The van der Waals surface area contributed by atoms with E-state index in [0.717, 1.165) is 19.6 Å². The lowest BCUT2D eigenvalue weighted by atomic mass is 10.1. The van der Waals surface area contributed by atoms with Crippen LogP contribution in [0.1, 0.15) is 9.67 Å². The number of nitrogens with two attached hydrogens (primary N) is 1. The zero-order valence-electron chi connectivity index (χ0n) is 12.0. The summed E-state index contributed by atoms with van der Waals surface area (Å²) >= 11 is 1.33. The smallest absolute Gasteiger partial charge is 0.279 e. The summed E-state index contributed by atoms with van der Waals surface area (Å²) in [5.74, 6) is -0.532. The minimum Gasteiger partial charge on any atom is -0.329 e. The normalized spacial score (nSPS) is 20.2. The molecule has 1 aromatic rings. The van der Waals surface area contributed by atoms with Crippen molar-refractivity contribution in [3.05, 3.63) is 22.4 Å². The molecule has 1 aromatic heterocycles. The number of carbonyl (C=O) groups is 2. The first-order valence-electron chi connectivity index (χ1n) is 6.85. The molecule has 1 unspecified atom stereocenters. The van der Waals surface area contributed by atoms with Gasteiger partial charge in [-0.05, 0) is 18.5 Å². The van der Waals surface area contributed by atoms with Gasteiger partial charge in [0.05, 0.1) is 11.4 Å². The predicted octanol–water partition coefficient (Wildman–Crippen LogP) is -0.916. The third kappa shape index (κ3) is 4.50. The van der Waals surface area contributed by atoms with E-state index in [1.165, 1.54) is 11.3 Å². The number of rotatable bonds is 4. The van der Waals surface area contributed by atoms with Gasteiger partial charge in [-0.15, -0.1) is 11.3 Å². The number of hydrogen-bond donors (Lipinski definition) is 3. The lowest BCUT2D eigenvalue weighted by molar-refractivity contribution is -0.124. The van der Waals surface area contributed by atoms with Gasteiger partial charge in [-0.25, -0.2) is 0 Å². The zero-order chi connectivity index (χ0) is 15.2. The van der Waals surface area contributed by atoms with Crippen LogP contribution in [0.25, 0.3) is 0 Å². The molecule has 0 radical (unpaired) electrons. The maximum absolute atomic E-state index is 11.9. The van der Waals surface area contributed by atoms with Crippen molar-refractivity contribution in [2.45, 2.75) is 6.04 Å². The number of carbonyl (C=O) groups excluding carboxylic acids is 2. The summed E-state index contributed by atoms with van der Waals surface area (Å²) in [7, 11) is 2.04. The van der Waals surface area contributed by atoms with Crippen molar-refractivity contribution in [1.29, 1.82) is 0 Å². The van der Waals surface area contributed by atoms with Crippen molar-refractivity contribution in [2.24, 2.45) is 5.73 Å². The van der Waals surface area contributed by atoms with Crippen LogP contribution in [0, 0.1) is 0 Å². The van der Waals surface area contributed by atoms with Crippen molar-refractivity contribution in [2.75, 3.05) is 39.8 Å². The van der Waals surface area contributed by atoms with Crippen LogP contribution in [-0.4, -0.2) is 67.4 Å². The SMILES string of the molecule is CN1CCN(CC(=O)NNC(=O)c2cccs2)C(CN)C1. The Kier molecular flexibility index (Phi) is 5.68. The largest absolute Gasteiger partial charge is 0.329 e. The van der Waals surface area contributed by atoms with Gasteiger partial charge in [-0.3, -0.25) is 25.3 Å². The second-order valence-electron chi connectivity index (χ2n) is 5.10. The minimum absolute atomic E-state index is 0.169. The van der Waals surface area contributed by atoms with Gasteiger partial charge in [0, 0.05) is 32.2 Å². The molecule has 116 valence electrons. The van der Waals surface area contributed by atoms with Crippen LogP contribution < -0.4 is 16.6 Å². The maximum atomic E-state index is 11.9. The van der Waals surface area contributed by atoms with Crippen LogP contribution in [0.3, 0.4) is 0 Å². The maximum Gasteiger partial charge on any atom is 0.279 e. The molecule has 7 nitrogen and oxygen atoms in total. The van der Waals surface area contributed by atoms with Gasteiger partial charge in [0.2, 0.25) is 0 Å². The molecule has 1 aliphatic heterocycles. The van der Waals surface area contributed by atoms with Crippen molar-refractivity contribution in [3.8, 4) is 0 Å². The summed E-state index contributed by atoms with van der Waals surface area (Å²) in [5.41, 5.74) is 10.6. The molecule has 2 amide bonds. The fraction of sp³-hybridized carbons (Fsp3) is 0.538. The van der Waals surface area contributed by atoms with E-state index in [9.17, 15) is 9.59 Å². The summed E-state index contributed by atoms with van der Waals surface area (Å²) in [4.78, 5) is 28.4. The topological polar surface area (TPSA) is 90.7 Å². The lowest BCUT2D eigenvalue weighted by Gasteiger charge is -2.38. The number of likely N-dealkylation sites (N-methyl/N-ethyl adjacent to an activating group) is 1. The predicted molar refractivity (Wildman–Crippen MR) is 81.8 cm³/mol. The molecule has 21 heavy (non-hydrogen) atoms. The molecule has 8 heteroatoms. The van der Waals surface area contributed by atoms with Crippen molar-refractivity contribution < 1.29 is 9.59 Å². The van der Waals surface area contributed by atoms with Crippen LogP contribution in [0.5, 0.6) is 0 Å². The van der Waals surface area contributed by atoms with E-state index in [1.807, 2.05) is 17.3 Å². The van der Waals surface area contributed by atoms with Crippen molar-refractivity contribution in [3.63, 3.8) is 0 Å². The Morgan fingerprint density at radius 2 is 2.24 bits per heavy atom. The number of hydrazine groups is 1. The van der Waals surface area contributed by atoms with Crippen LogP contribution in [0.2, 0.25) is 0 Å². The molecule has 0 aliphatic carbocycles. The number of nitrogens with zero attached hydrogens (tertiary/aromatic N) is 2. The molecule has 1 saturated heterocycles. The van der Waals surface area contributed by atoms with Gasteiger partial charge >= 0.3 is 0 Å². The molecule has 1 atom stereocenters. The number of piperazine rings is 1. The summed E-state index contributed by atoms with van der Waals surface area (Å²) < 4.78 is 0. The Balaban J connectivity index is 1.77. The van der Waals surface area contributed by atoms with Crippen LogP contribution in [0.4, 0.5) is 0 Å². The van der Waals surface area contributed by atoms with E-state index in [2.05, 4.69) is 15.8 Å². The fourth-order valence-corrected chi connectivity index (χ4v) is 2.92. The third-order valence-corrected chi connectivity index (χ3v) is 4.36. The molecule has 4 N–H and O–H groups in total. The molecular formula is C13H21N5O2S. The first kappa shape index (κ1) is 15.9. The highest BCUT2D eigenvalue weighted by Crippen LogP contribution is 2.08. The Morgan fingerprint density at radius 1 is 1.43 bits per heavy atom. The third-order valence-electron chi connectivity index (χ3n) is 3.49. The molecule has 0 saturated carbocycles. The highest BCUT2D eigenvalue weighted by molar-refractivity contribution is 7.12. The zero-order valence-corrected chi connectivity index (χ0v) is 12.9. The molecular weight excluding hydrogens is 290 g/mol. The van der Waals surface area contributed by atoms with Crippen LogP contribution in [0.15, 0.2) is 17.5 Å². The lowest BCUT2D eigenvalue weighted by Crippen LogP contribution is -2.57. The molecule has 2 heterocycles. The standard InChI is InChI=1S/C13H21N5O2S/c1-17-4-5-18(10(7-14)8-17)9-12(19)15-16-13(20)11-3-2-6-21-11/h2-3,6,10H,4-5,7-9,14H2,1H3,(H,15,19)(H,16,20). The second-order valence-corrected chi connectivity index (χ2v) is 6.05. The molecule has 1 aliphatic rings. The molecule has 1 fully saturated rings. The van der Waals surface area contributed by atoms with E-state index >= 15 is 0 Å². The minimum atomic E-state index is -0.299. The summed E-state index contributed by atoms with van der Waals surface area (Å²) in [6.45, 7) is 3.31. The Bertz CT molecular complexity index is 479. The summed E-state index contributed by atoms with van der Waals surface area (Å²) in [6, 6.07) is 3.66. The quantitative estimate of drug-likeness (QED) is 0.626. The van der Waals surface area contributed by atoms with E-state index in [4.69, 9.17) is 5.73 Å². The Labute approximate surface area is 128 Å². The molecule has 0 aromatic carbocycles. The van der Waals surface area contributed by atoms with Gasteiger partial charge in [0.25, 0.3) is 11.8 Å². The average Bonchev–Trinajstić information content (AvgIpc) is 3.01. The monoisotopic (exact) mass is 311 g/mol. The number of nitrogens with one attached hydrogen (secondary N) is 2. The number of thiophene rings is 1. The van der Waals surface area contributed by atoms with E-state index < -0.39 is 0 Å². The van der Waals surface area contributed by atoms with Crippen molar-refractivity contribution >= 4 is 23.2 Å². The van der Waals surface area contributed by atoms with Crippen LogP contribution >= 0.6 is 11.3 Å². The number of amides is 2. The fourth-order valence-electron chi connectivity index (χ4n) is 2.30. The van der Waals surface area contributed by atoms with E-state index in [0.29, 0.717) is 11.4 Å². The Hall–Kier alpha value is -1.48. The van der Waals surface area contributed by atoms with Gasteiger partial charge in [-0.1, -0.05) is 6.07 Å².